The smallest absolute Gasteiger partial charge is 0.231 e. The monoisotopic (exact) mass is 411 g/mol. The highest BCUT2D eigenvalue weighted by molar-refractivity contribution is 7.22. The summed E-state index contributed by atoms with van der Waals surface area (Å²) in [6.07, 6.45) is 1.60. The molecule has 1 saturated heterocycles. The maximum absolute atomic E-state index is 12.7. The van der Waals surface area contributed by atoms with Gasteiger partial charge in [0.15, 0.2) is 16.6 Å². The van der Waals surface area contributed by atoms with Gasteiger partial charge in [0.2, 0.25) is 12.7 Å². The molecule has 0 spiro atoms. The van der Waals surface area contributed by atoms with Gasteiger partial charge in [-0.15, -0.1) is 0 Å². The maximum atomic E-state index is 12.7. The molecule has 8 heteroatoms. The summed E-state index contributed by atoms with van der Waals surface area (Å²) in [6.45, 7) is 1.86. The molecule has 7 nitrogen and oxygen atoms in total. The van der Waals surface area contributed by atoms with Crippen molar-refractivity contribution in [2.45, 2.75) is 12.8 Å². The number of amides is 1. The Hall–Kier alpha value is -3.00. The van der Waals surface area contributed by atoms with Gasteiger partial charge in [0.1, 0.15) is 5.75 Å². The van der Waals surface area contributed by atoms with E-state index in [0.717, 1.165) is 52.7 Å². The number of thiazole rings is 1. The average molecular weight is 411 g/mol. The number of piperidine rings is 1. The van der Waals surface area contributed by atoms with Crippen molar-refractivity contribution < 1.29 is 19.0 Å². The van der Waals surface area contributed by atoms with E-state index in [-0.39, 0.29) is 18.6 Å². The molecule has 0 saturated carbocycles. The first-order chi connectivity index (χ1) is 14.2. The van der Waals surface area contributed by atoms with Crippen LogP contribution in [0.3, 0.4) is 0 Å². The van der Waals surface area contributed by atoms with Gasteiger partial charge >= 0.3 is 0 Å². The highest BCUT2D eigenvalue weighted by Gasteiger charge is 2.27. The Morgan fingerprint density at radius 2 is 2.00 bits per heavy atom. The number of hydrogen-bond donors (Lipinski definition) is 1. The lowest BCUT2D eigenvalue weighted by Crippen LogP contribution is -2.38. The van der Waals surface area contributed by atoms with Crippen LogP contribution in [-0.2, 0) is 4.79 Å². The third kappa shape index (κ3) is 3.55. The largest absolute Gasteiger partial charge is 0.497 e. The van der Waals surface area contributed by atoms with Crippen LogP contribution in [0.25, 0.3) is 10.2 Å². The van der Waals surface area contributed by atoms with Crippen molar-refractivity contribution in [3.05, 3.63) is 36.4 Å². The molecule has 0 atom stereocenters. The first-order valence-electron chi connectivity index (χ1n) is 9.59. The highest BCUT2D eigenvalue weighted by Crippen LogP contribution is 2.35. The Morgan fingerprint density at radius 3 is 2.83 bits per heavy atom. The zero-order valence-corrected chi connectivity index (χ0v) is 16.8. The van der Waals surface area contributed by atoms with Gasteiger partial charge in [-0.3, -0.25) is 4.79 Å². The summed E-state index contributed by atoms with van der Waals surface area (Å²) in [5.74, 6) is 2.27. The van der Waals surface area contributed by atoms with Crippen LogP contribution in [0.4, 0.5) is 10.8 Å². The second-order valence-electron chi connectivity index (χ2n) is 7.15. The molecule has 29 heavy (non-hydrogen) atoms. The number of fused-ring (bicyclic) bond motifs is 2. The number of carbonyl (C=O) groups excluding carboxylic acids is 1. The molecule has 0 radical (unpaired) electrons. The molecule has 3 aromatic rings. The molecular weight excluding hydrogens is 390 g/mol. The lowest BCUT2D eigenvalue weighted by Gasteiger charge is -2.31. The van der Waals surface area contributed by atoms with Crippen LogP contribution in [0.2, 0.25) is 0 Å². The predicted octanol–water partition coefficient (Wildman–Crippen LogP) is 3.89. The van der Waals surface area contributed by atoms with Crippen LogP contribution in [0.5, 0.6) is 17.2 Å². The van der Waals surface area contributed by atoms with E-state index in [0.29, 0.717) is 11.5 Å². The van der Waals surface area contributed by atoms with E-state index in [1.54, 1.807) is 18.4 Å². The second-order valence-corrected chi connectivity index (χ2v) is 8.16. The minimum atomic E-state index is -0.00820. The third-order valence-electron chi connectivity index (χ3n) is 5.36. The molecule has 1 amide bonds. The number of aromatic nitrogens is 1. The molecule has 5 rings (SSSR count). The Morgan fingerprint density at radius 1 is 1.17 bits per heavy atom. The van der Waals surface area contributed by atoms with Gasteiger partial charge in [-0.05, 0) is 43.2 Å². The summed E-state index contributed by atoms with van der Waals surface area (Å²) in [5.41, 5.74) is 1.72. The van der Waals surface area contributed by atoms with Crippen LogP contribution in [0.15, 0.2) is 36.4 Å². The summed E-state index contributed by atoms with van der Waals surface area (Å²) in [6, 6.07) is 11.4. The van der Waals surface area contributed by atoms with E-state index in [1.807, 2.05) is 36.4 Å². The van der Waals surface area contributed by atoms with Crippen LogP contribution >= 0.6 is 11.3 Å². The molecule has 2 aliphatic heterocycles. The van der Waals surface area contributed by atoms with Crippen molar-refractivity contribution >= 4 is 38.3 Å². The number of nitrogens with zero attached hydrogens (tertiary/aromatic N) is 2. The van der Waals surface area contributed by atoms with Crippen LogP contribution in [0, 0.1) is 5.92 Å². The van der Waals surface area contributed by atoms with E-state index < -0.39 is 0 Å². The zero-order chi connectivity index (χ0) is 19.8. The zero-order valence-electron chi connectivity index (χ0n) is 16.0. The topological polar surface area (TPSA) is 72.9 Å². The number of methoxy groups -OCH3 is 1. The van der Waals surface area contributed by atoms with Gasteiger partial charge in [-0.1, -0.05) is 11.3 Å². The van der Waals surface area contributed by atoms with Gasteiger partial charge in [0.25, 0.3) is 0 Å². The Kier molecular flexibility index (Phi) is 4.63. The van der Waals surface area contributed by atoms with Crippen LogP contribution in [0.1, 0.15) is 12.8 Å². The van der Waals surface area contributed by atoms with Crippen molar-refractivity contribution in [1.29, 1.82) is 0 Å². The van der Waals surface area contributed by atoms with Crippen LogP contribution in [-0.4, -0.2) is 37.9 Å². The second kappa shape index (κ2) is 7.44. The molecule has 2 aliphatic rings. The molecule has 1 N–H and O–H groups in total. The van der Waals surface area contributed by atoms with E-state index in [2.05, 4.69) is 10.2 Å². The summed E-state index contributed by atoms with van der Waals surface area (Å²) in [5, 5.41) is 4.01. The first kappa shape index (κ1) is 18.1. The van der Waals surface area contributed by atoms with Crippen molar-refractivity contribution in [2.75, 3.05) is 37.2 Å². The van der Waals surface area contributed by atoms with Crippen molar-refractivity contribution in [2.24, 2.45) is 5.92 Å². The number of anilines is 2. The minimum absolute atomic E-state index is 0.00820. The molecule has 0 bridgehead atoms. The predicted molar refractivity (Wildman–Crippen MR) is 112 cm³/mol. The fraction of sp³-hybridized carbons (Fsp3) is 0.333. The number of hydrogen-bond acceptors (Lipinski definition) is 7. The lowest BCUT2D eigenvalue weighted by atomic mass is 9.96. The Balaban J connectivity index is 1.21. The average Bonchev–Trinajstić information content (AvgIpc) is 3.39. The molecule has 150 valence electrons. The van der Waals surface area contributed by atoms with E-state index >= 15 is 0 Å². The van der Waals surface area contributed by atoms with Crippen LogP contribution < -0.4 is 24.4 Å². The summed E-state index contributed by atoms with van der Waals surface area (Å²) in [7, 11) is 1.67. The van der Waals surface area contributed by atoms with Crippen molar-refractivity contribution in [3.8, 4) is 17.2 Å². The highest BCUT2D eigenvalue weighted by atomic mass is 32.1. The SMILES string of the molecule is COc1ccc2nc(N3CCC(C(=O)Nc4ccc5c(c4)OCO5)CC3)sc2c1. The molecule has 0 aliphatic carbocycles. The van der Waals surface area contributed by atoms with E-state index in [1.165, 1.54) is 0 Å². The number of ether oxygens (including phenoxy) is 3. The summed E-state index contributed by atoms with van der Waals surface area (Å²) < 4.78 is 17.1. The Labute approximate surface area is 172 Å². The quantitative estimate of drug-likeness (QED) is 0.702. The van der Waals surface area contributed by atoms with Gasteiger partial charge in [-0.25, -0.2) is 4.98 Å². The number of carbonyl (C=O) groups is 1. The molecule has 0 unspecified atom stereocenters. The lowest BCUT2D eigenvalue weighted by molar-refractivity contribution is -0.120. The normalized spacial score (nSPS) is 16.2. The van der Waals surface area contributed by atoms with E-state index in [9.17, 15) is 4.79 Å². The maximum Gasteiger partial charge on any atom is 0.231 e. The van der Waals surface area contributed by atoms with Gasteiger partial charge in [0.05, 0.1) is 17.3 Å². The van der Waals surface area contributed by atoms with Gasteiger partial charge in [-0.2, -0.15) is 0 Å². The fourth-order valence-electron chi connectivity index (χ4n) is 3.71. The van der Waals surface area contributed by atoms with Crippen molar-refractivity contribution in [3.63, 3.8) is 0 Å². The van der Waals surface area contributed by atoms with Gasteiger partial charge < -0.3 is 24.4 Å². The number of nitrogens with one attached hydrogen (secondary N) is 1. The molecule has 1 aromatic heterocycles. The molecule has 3 heterocycles. The molecule has 2 aromatic carbocycles. The summed E-state index contributed by atoms with van der Waals surface area (Å²) >= 11 is 1.67. The van der Waals surface area contributed by atoms with E-state index in [4.69, 9.17) is 19.2 Å². The molecule has 1 fully saturated rings. The first-order valence-corrected chi connectivity index (χ1v) is 10.4. The fourth-order valence-corrected chi connectivity index (χ4v) is 4.75. The van der Waals surface area contributed by atoms with Gasteiger partial charge in [0, 0.05) is 30.8 Å². The number of benzene rings is 2. The summed E-state index contributed by atoms with van der Waals surface area (Å²) in [4.78, 5) is 19.7. The van der Waals surface area contributed by atoms with Crippen molar-refractivity contribution in [1.82, 2.24) is 4.98 Å². The Bertz CT molecular complexity index is 1060. The third-order valence-corrected chi connectivity index (χ3v) is 6.44. The number of rotatable bonds is 4. The molecular formula is C21H21N3O4S. The minimum Gasteiger partial charge on any atom is -0.497 e. The standard InChI is InChI=1S/C21H21N3O4S/c1-26-15-3-4-16-19(11-15)29-21(23-16)24-8-6-13(7-9-24)20(25)22-14-2-5-17-18(10-14)28-12-27-17/h2-5,10-11,13H,6-9,12H2,1H3,(H,22,25).